The molecule has 1 aromatic heterocycles. The monoisotopic (exact) mass is 247 g/mol. The van der Waals surface area contributed by atoms with E-state index in [0.29, 0.717) is 11.7 Å². The summed E-state index contributed by atoms with van der Waals surface area (Å²) in [6.45, 7) is 2.65. The van der Waals surface area contributed by atoms with Crippen LogP contribution in [0.1, 0.15) is 25.1 Å². The number of carbonyl (C=O) groups is 1. The van der Waals surface area contributed by atoms with Crippen molar-refractivity contribution in [1.29, 1.82) is 0 Å². The van der Waals surface area contributed by atoms with E-state index in [1.807, 2.05) is 17.9 Å². The second-order valence-corrected chi connectivity index (χ2v) is 5.25. The number of carboxylic acids is 1. The molecular weight excluding hydrogens is 230 g/mol. The molecule has 1 saturated heterocycles. The molecule has 0 aromatic carbocycles. The van der Waals surface area contributed by atoms with Gasteiger partial charge in [-0.3, -0.25) is 0 Å². The van der Waals surface area contributed by atoms with Gasteiger partial charge in [-0.2, -0.15) is 0 Å². The summed E-state index contributed by atoms with van der Waals surface area (Å²) in [5.74, 6) is 1.53. The van der Waals surface area contributed by atoms with Crippen LogP contribution < -0.4 is 4.90 Å². The Morgan fingerprint density at radius 1 is 1.50 bits per heavy atom. The normalized spacial score (nSPS) is 30.5. The van der Waals surface area contributed by atoms with Crippen LogP contribution in [0.2, 0.25) is 0 Å². The largest absolute Gasteiger partial charge is 0.480 e. The van der Waals surface area contributed by atoms with Gasteiger partial charge < -0.3 is 10.0 Å². The average Bonchev–Trinajstić information content (AvgIpc) is 2.87. The predicted octanol–water partition coefficient (Wildman–Crippen LogP) is 1.47. The van der Waals surface area contributed by atoms with Crippen LogP contribution in [0.4, 0.5) is 5.82 Å². The zero-order valence-electron chi connectivity index (χ0n) is 10.4. The van der Waals surface area contributed by atoms with E-state index in [4.69, 9.17) is 0 Å². The molecule has 2 aliphatic rings. The van der Waals surface area contributed by atoms with Crippen LogP contribution in [0.15, 0.2) is 12.3 Å². The topological polar surface area (TPSA) is 66.3 Å². The molecule has 3 unspecified atom stereocenters. The van der Waals surface area contributed by atoms with Crippen molar-refractivity contribution in [3.63, 3.8) is 0 Å². The fourth-order valence-corrected chi connectivity index (χ4v) is 3.46. The number of hydrogen-bond donors (Lipinski definition) is 1. The van der Waals surface area contributed by atoms with Gasteiger partial charge in [0.1, 0.15) is 17.7 Å². The number of rotatable bonds is 2. The molecule has 5 nitrogen and oxygen atoms in total. The van der Waals surface area contributed by atoms with Gasteiger partial charge in [0.05, 0.1) is 0 Å². The molecule has 2 heterocycles. The van der Waals surface area contributed by atoms with Crippen molar-refractivity contribution in [1.82, 2.24) is 9.97 Å². The molecule has 1 N–H and O–H groups in total. The Morgan fingerprint density at radius 2 is 2.33 bits per heavy atom. The van der Waals surface area contributed by atoms with E-state index in [1.54, 1.807) is 6.20 Å². The molecule has 1 aliphatic heterocycles. The van der Waals surface area contributed by atoms with E-state index in [0.717, 1.165) is 31.6 Å². The fourth-order valence-electron chi connectivity index (χ4n) is 3.46. The van der Waals surface area contributed by atoms with Crippen LogP contribution in [-0.2, 0) is 4.79 Å². The van der Waals surface area contributed by atoms with Crippen molar-refractivity contribution in [2.45, 2.75) is 32.2 Å². The van der Waals surface area contributed by atoms with Gasteiger partial charge in [0.25, 0.3) is 0 Å². The highest BCUT2D eigenvalue weighted by Crippen LogP contribution is 2.43. The highest BCUT2D eigenvalue weighted by molar-refractivity contribution is 5.79. The number of anilines is 1. The summed E-state index contributed by atoms with van der Waals surface area (Å²) in [5, 5.41) is 9.48. The van der Waals surface area contributed by atoms with Crippen molar-refractivity contribution < 1.29 is 9.90 Å². The Kier molecular flexibility index (Phi) is 2.69. The molecule has 3 rings (SSSR count). The fraction of sp³-hybridized carbons (Fsp3) is 0.615. The Morgan fingerprint density at radius 3 is 3.06 bits per heavy atom. The Bertz CT molecular complexity index is 477. The SMILES string of the molecule is Cc1nccc(N2CC3CCCC3C2C(=O)O)n1. The highest BCUT2D eigenvalue weighted by Gasteiger charge is 2.48. The third-order valence-electron chi connectivity index (χ3n) is 4.20. The summed E-state index contributed by atoms with van der Waals surface area (Å²) in [7, 11) is 0. The van der Waals surface area contributed by atoms with Gasteiger partial charge in [-0.05, 0) is 37.7 Å². The number of nitrogens with zero attached hydrogens (tertiary/aromatic N) is 3. The average molecular weight is 247 g/mol. The smallest absolute Gasteiger partial charge is 0.326 e. The van der Waals surface area contributed by atoms with Crippen molar-refractivity contribution in [2.24, 2.45) is 11.8 Å². The van der Waals surface area contributed by atoms with E-state index in [1.165, 1.54) is 0 Å². The minimum absolute atomic E-state index is 0.290. The minimum Gasteiger partial charge on any atom is -0.480 e. The molecule has 0 radical (unpaired) electrons. The maximum Gasteiger partial charge on any atom is 0.326 e. The van der Waals surface area contributed by atoms with Crippen molar-refractivity contribution in [3.05, 3.63) is 18.1 Å². The maximum atomic E-state index is 11.5. The van der Waals surface area contributed by atoms with Gasteiger partial charge in [0.2, 0.25) is 0 Å². The number of hydrogen-bond acceptors (Lipinski definition) is 4. The molecule has 1 aliphatic carbocycles. The lowest BCUT2D eigenvalue weighted by atomic mass is 9.94. The molecule has 3 atom stereocenters. The van der Waals surface area contributed by atoms with E-state index in [9.17, 15) is 9.90 Å². The second kappa shape index (κ2) is 4.23. The van der Waals surface area contributed by atoms with Crippen LogP contribution in [0.5, 0.6) is 0 Å². The summed E-state index contributed by atoms with van der Waals surface area (Å²) in [4.78, 5) is 21.9. The summed E-state index contributed by atoms with van der Waals surface area (Å²) in [5.41, 5.74) is 0. The molecular formula is C13H17N3O2. The first kappa shape index (κ1) is 11.4. The van der Waals surface area contributed by atoms with Gasteiger partial charge in [0.15, 0.2) is 0 Å². The van der Waals surface area contributed by atoms with Gasteiger partial charge in [-0.15, -0.1) is 0 Å². The van der Waals surface area contributed by atoms with E-state index < -0.39 is 12.0 Å². The van der Waals surface area contributed by atoms with Crippen LogP contribution >= 0.6 is 0 Å². The standard InChI is InChI=1S/C13H17N3O2/c1-8-14-6-5-11(15-8)16-7-9-3-2-4-10(9)12(16)13(17)18/h5-6,9-10,12H,2-4,7H2,1H3,(H,17,18). The van der Waals surface area contributed by atoms with Crippen LogP contribution in [0.3, 0.4) is 0 Å². The zero-order valence-corrected chi connectivity index (χ0v) is 10.4. The summed E-state index contributed by atoms with van der Waals surface area (Å²) in [6.07, 6.45) is 5.04. The number of aryl methyl sites for hydroxylation is 1. The lowest BCUT2D eigenvalue weighted by molar-refractivity contribution is -0.139. The van der Waals surface area contributed by atoms with Gasteiger partial charge >= 0.3 is 5.97 Å². The molecule has 96 valence electrons. The molecule has 5 heteroatoms. The zero-order chi connectivity index (χ0) is 12.7. The molecule has 1 saturated carbocycles. The number of fused-ring (bicyclic) bond motifs is 1. The predicted molar refractivity (Wildman–Crippen MR) is 66.4 cm³/mol. The van der Waals surface area contributed by atoms with E-state index >= 15 is 0 Å². The maximum absolute atomic E-state index is 11.5. The minimum atomic E-state index is -0.722. The highest BCUT2D eigenvalue weighted by atomic mass is 16.4. The van der Waals surface area contributed by atoms with E-state index in [-0.39, 0.29) is 5.92 Å². The summed E-state index contributed by atoms with van der Waals surface area (Å²) in [6, 6.07) is 1.40. The Labute approximate surface area is 106 Å². The van der Waals surface area contributed by atoms with Crippen molar-refractivity contribution in [3.8, 4) is 0 Å². The Hall–Kier alpha value is -1.65. The number of carboxylic acid groups (broad SMARTS) is 1. The lowest BCUT2D eigenvalue weighted by Gasteiger charge is -2.25. The molecule has 18 heavy (non-hydrogen) atoms. The first-order valence-electron chi connectivity index (χ1n) is 6.46. The van der Waals surface area contributed by atoms with Gasteiger partial charge in [-0.1, -0.05) is 6.42 Å². The van der Waals surface area contributed by atoms with Gasteiger partial charge in [0, 0.05) is 12.7 Å². The first-order valence-corrected chi connectivity index (χ1v) is 6.46. The van der Waals surface area contributed by atoms with Crippen molar-refractivity contribution in [2.75, 3.05) is 11.4 Å². The lowest BCUT2D eigenvalue weighted by Crippen LogP contribution is -2.40. The van der Waals surface area contributed by atoms with E-state index in [2.05, 4.69) is 9.97 Å². The Balaban J connectivity index is 1.94. The summed E-state index contributed by atoms with van der Waals surface area (Å²) < 4.78 is 0. The van der Waals surface area contributed by atoms with Crippen LogP contribution in [-0.4, -0.2) is 33.6 Å². The summed E-state index contributed by atoms with van der Waals surface area (Å²) >= 11 is 0. The van der Waals surface area contributed by atoms with Gasteiger partial charge in [-0.25, -0.2) is 14.8 Å². The van der Waals surface area contributed by atoms with Crippen LogP contribution in [0, 0.1) is 18.8 Å². The number of aromatic nitrogens is 2. The molecule has 0 amide bonds. The third-order valence-corrected chi connectivity index (χ3v) is 4.20. The molecule has 0 spiro atoms. The third kappa shape index (κ3) is 1.74. The number of aliphatic carboxylic acids is 1. The molecule has 1 aromatic rings. The molecule has 2 fully saturated rings. The molecule has 0 bridgehead atoms. The van der Waals surface area contributed by atoms with Crippen molar-refractivity contribution >= 4 is 11.8 Å². The quantitative estimate of drug-likeness (QED) is 0.857. The first-order chi connectivity index (χ1) is 8.66. The second-order valence-electron chi connectivity index (χ2n) is 5.25. The van der Waals surface area contributed by atoms with Crippen LogP contribution in [0.25, 0.3) is 0 Å².